The third-order valence-corrected chi connectivity index (χ3v) is 4.59. The van der Waals surface area contributed by atoms with Gasteiger partial charge >= 0.3 is 0 Å². The highest BCUT2D eigenvalue weighted by molar-refractivity contribution is 5.96. The van der Waals surface area contributed by atoms with E-state index in [0.717, 1.165) is 43.9 Å². The Labute approximate surface area is 142 Å². The van der Waals surface area contributed by atoms with Crippen LogP contribution in [0.4, 0.5) is 0 Å². The maximum Gasteiger partial charge on any atom is 0.252 e. The fourth-order valence-corrected chi connectivity index (χ4v) is 3.05. The Hall–Kier alpha value is -1.99. The summed E-state index contributed by atoms with van der Waals surface area (Å²) in [6.07, 6.45) is 3.32. The van der Waals surface area contributed by atoms with E-state index in [0.29, 0.717) is 18.0 Å². The number of imidazole rings is 1. The van der Waals surface area contributed by atoms with Gasteiger partial charge in [-0.2, -0.15) is 0 Å². The van der Waals surface area contributed by atoms with E-state index in [1.807, 2.05) is 11.6 Å². The largest absolute Gasteiger partial charge is 0.352 e. The predicted molar refractivity (Wildman–Crippen MR) is 93.9 cm³/mol. The summed E-state index contributed by atoms with van der Waals surface area (Å²) in [7, 11) is 4.05. The van der Waals surface area contributed by atoms with Crippen LogP contribution >= 0.6 is 0 Å². The van der Waals surface area contributed by atoms with Gasteiger partial charge in [-0.25, -0.2) is 9.97 Å². The van der Waals surface area contributed by atoms with Crippen LogP contribution in [0, 0.1) is 5.92 Å². The van der Waals surface area contributed by atoms with Gasteiger partial charge in [0, 0.05) is 52.5 Å². The second kappa shape index (κ2) is 7.27. The Balaban J connectivity index is 1.50. The maximum atomic E-state index is 12.3. The molecule has 2 aromatic heterocycles. The summed E-state index contributed by atoms with van der Waals surface area (Å²) in [6, 6.07) is 1.79. The molecule has 1 unspecified atom stereocenters. The van der Waals surface area contributed by atoms with Crippen molar-refractivity contribution >= 4 is 17.1 Å². The van der Waals surface area contributed by atoms with Crippen molar-refractivity contribution in [2.45, 2.75) is 6.92 Å². The number of piperazine rings is 1. The fraction of sp³-hybridized carbons (Fsp3) is 0.588. The quantitative estimate of drug-likeness (QED) is 0.869. The molecule has 1 fully saturated rings. The number of carbonyl (C=O) groups excluding carboxylic acids is 1. The molecule has 7 nitrogen and oxygen atoms in total. The van der Waals surface area contributed by atoms with Crippen molar-refractivity contribution in [2.75, 3.05) is 46.3 Å². The van der Waals surface area contributed by atoms with Gasteiger partial charge in [-0.15, -0.1) is 0 Å². The van der Waals surface area contributed by atoms with Crippen LogP contribution in [0.3, 0.4) is 0 Å². The average Bonchev–Trinajstić information content (AvgIpc) is 2.95. The maximum absolute atomic E-state index is 12.3. The Morgan fingerprint density at radius 2 is 2.00 bits per heavy atom. The number of carbonyl (C=O) groups is 1. The molecule has 1 aliphatic rings. The number of nitrogens with one attached hydrogen (secondary N) is 1. The molecule has 0 aromatic carbocycles. The lowest BCUT2D eigenvalue weighted by Crippen LogP contribution is -2.46. The standard InChI is InChI=1S/C17H26N6O/c1-13(11-23-6-4-21(2)5-7-23)9-19-17(24)14-8-15-16(18-10-14)22(3)12-20-15/h8,10,12-13H,4-7,9,11H2,1-3H3,(H,19,24). The normalized spacial score (nSPS) is 18.0. The van der Waals surface area contributed by atoms with E-state index in [2.05, 4.69) is 39.1 Å². The summed E-state index contributed by atoms with van der Waals surface area (Å²) in [5.41, 5.74) is 2.10. The van der Waals surface area contributed by atoms with E-state index >= 15 is 0 Å². The van der Waals surface area contributed by atoms with Gasteiger partial charge in [0.2, 0.25) is 0 Å². The molecule has 24 heavy (non-hydrogen) atoms. The molecule has 130 valence electrons. The van der Waals surface area contributed by atoms with E-state index in [1.54, 1.807) is 18.6 Å². The number of hydrogen-bond donors (Lipinski definition) is 1. The van der Waals surface area contributed by atoms with Crippen LogP contribution in [0.5, 0.6) is 0 Å². The number of aromatic nitrogens is 3. The van der Waals surface area contributed by atoms with E-state index in [1.165, 1.54) is 0 Å². The molecule has 0 bridgehead atoms. The molecule has 1 aliphatic heterocycles. The number of fused-ring (bicyclic) bond motifs is 1. The van der Waals surface area contributed by atoms with Gasteiger partial charge in [0.15, 0.2) is 5.65 Å². The van der Waals surface area contributed by atoms with E-state index in [9.17, 15) is 4.79 Å². The summed E-state index contributed by atoms with van der Waals surface area (Å²) >= 11 is 0. The van der Waals surface area contributed by atoms with Gasteiger partial charge in [-0.1, -0.05) is 6.92 Å². The number of aryl methyl sites for hydroxylation is 1. The van der Waals surface area contributed by atoms with Crippen molar-refractivity contribution in [3.63, 3.8) is 0 Å². The number of pyridine rings is 1. The Kier molecular flexibility index (Phi) is 5.11. The molecule has 2 aromatic rings. The topological polar surface area (TPSA) is 66.3 Å². The molecule has 3 heterocycles. The second-order valence-electron chi connectivity index (χ2n) is 6.84. The molecular formula is C17H26N6O. The van der Waals surface area contributed by atoms with Crippen molar-refractivity contribution in [3.05, 3.63) is 24.2 Å². The summed E-state index contributed by atoms with van der Waals surface area (Å²) < 4.78 is 1.84. The first kappa shape index (κ1) is 16.9. The number of hydrogen-bond acceptors (Lipinski definition) is 5. The van der Waals surface area contributed by atoms with Crippen molar-refractivity contribution in [1.29, 1.82) is 0 Å². The molecule has 1 saturated heterocycles. The minimum atomic E-state index is -0.0831. The molecule has 0 aliphatic carbocycles. The molecular weight excluding hydrogens is 304 g/mol. The second-order valence-corrected chi connectivity index (χ2v) is 6.84. The zero-order valence-corrected chi connectivity index (χ0v) is 14.7. The first-order valence-electron chi connectivity index (χ1n) is 8.49. The zero-order valence-electron chi connectivity index (χ0n) is 14.7. The first-order valence-corrected chi connectivity index (χ1v) is 8.49. The van der Waals surface area contributed by atoms with Crippen LogP contribution in [-0.4, -0.2) is 76.6 Å². The molecule has 1 N–H and O–H groups in total. The molecule has 0 spiro atoms. The van der Waals surface area contributed by atoms with Gasteiger partial charge in [-0.05, 0) is 19.0 Å². The Morgan fingerprint density at radius 3 is 2.75 bits per heavy atom. The molecule has 0 radical (unpaired) electrons. The zero-order chi connectivity index (χ0) is 17.1. The highest BCUT2D eigenvalue weighted by Crippen LogP contribution is 2.11. The third-order valence-electron chi connectivity index (χ3n) is 4.59. The van der Waals surface area contributed by atoms with Gasteiger partial charge in [-0.3, -0.25) is 4.79 Å². The molecule has 1 amide bonds. The number of nitrogens with zero attached hydrogens (tertiary/aromatic N) is 5. The monoisotopic (exact) mass is 330 g/mol. The number of rotatable bonds is 5. The van der Waals surface area contributed by atoms with Crippen LogP contribution in [-0.2, 0) is 7.05 Å². The van der Waals surface area contributed by atoms with Crippen LogP contribution in [0.25, 0.3) is 11.2 Å². The van der Waals surface area contributed by atoms with Gasteiger partial charge in [0.1, 0.15) is 5.52 Å². The minimum Gasteiger partial charge on any atom is -0.352 e. The molecule has 7 heteroatoms. The summed E-state index contributed by atoms with van der Waals surface area (Å²) in [5, 5.41) is 3.02. The van der Waals surface area contributed by atoms with Crippen molar-refractivity contribution in [1.82, 2.24) is 29.7 Å². The van der Waals surface area contributed by atoms with Crippen LogP contribution < -0.4 is 5.32 Å². The highest BCUT2D eigenvalue weighted by atomic mass is 16.1. The lowest BCUT2D eigenvalue weighted by Gasteiger charge is -2.33. The smallest absolute Gasteiger partial charge is 0.252 e. The highest BCUT2D eigenvalue weighted by Gasteiger charge is 2.17. The van der Waals surface area contributed by atoms with E-state index in [4.69, 9.17) is 0 Å². The first-order chi connectivity index (χ1) is 11.5. The molecule has 1 atom stereocenters. The average molecular weight is 330 g/mol. The van der Waals surface area contributed by atoms with E-state index in [-0.39, 0.29) is 5.91 Å². The molecule has 3 rings (SSSR count). The Morgan fingerprint density at radius 1 is 1.25 bits per heavy atom. The van der Waals surface area contributed by atoms with Gasteiger partial charge in [0.05, 0.1) is 11.9 Å². The number of likely N-dealkylation sites (N-methyl/N-ethyl adjacent to an activating group) is 1. The fourth-order valence-electron chi connectivity index (χ4n) is 3.05. The van der Waals surface area contributed by atoms with Crippen molar-refractivity contribution < 1.29 is 4.79 Å². The summed E-state index contributed by atoms with van der Waals surface area (Å²) in [4.78, 5) is 25.7. The van der Waals surface area contributed by atoms with Crippen LogP contribution in [0.1, 0.15) is 17.3 Å². The third kappa shape index (κ3) is 3.91. The SMILES string of the molecule is CC(CNC(=O)c1cnc2c(c1)ncn2C)CN1CCN(C)CC1. The van der Waals surface area contributed by atoms with Gasteiger partial charge < -0.3 is 19.7 Å². The van der Waals surface area contributed by atoms with Crippen LogP contribution in [0.15, 0.2) is 18.6 Å². The van der Waals surface area contributed by atoms with Crippen molar-refractivity contribution in [3.8, 4) is 0 Å². The Bertz CT molecular complexity index is 704. The van der Waals surface area contributed by atoms with Crippen molar-refractivity contribution in [2.24, 2.45) is 13.0 Å². The lowest BCUT2D eigenvalue weighted by molar-refractivity contribution is 0.0937. The summed E-state index contributed by atoms with van der Waals surface area (Å²) in [5.74, 6) is 0.337. The van der Waals surface area contributed by atoms with Crippen LogP contribution in [0.2, 0.25) is 0 Å². The van der Waals surface area contributed by atoms with E-state index < -0.39 is 0 Å². The number of amides is 1. The minimum absolute atomic E-state index is 0.0831. The van der Waals surface area contributed by atoms with Gasteiger partial charge in [0.25, 0.3) is 5.91 Å². The summed E-state index contributed by atoms with van der Waals surface area (Å²) in [6.45, 7) is 8.32. The predicted octanol–water partition coefficient (Wildman–Crippen LogP) is 0.582. The lowest BCUT2D eigenvalue weighted by atomic mass is 10.1. The molecule has 0 saturated carbocycles.